The van der Waals surface area contributed by atoms with Crippen LogP contribution in [-0.2, 0) is 20.8 Å². The van der Waals surface area contributed by atoms with Crippen molar-refractivity contribution < 1.29 is 29.4 Å². The minimum absolute atomic E-state index is 0.00451. The Labute approximate surface area is 303 Å². The zero-order chi connectivity index (χ0) is 37.9. The third-order valence-corrected chi connectivity index (χ3v) is 8.99. The van der Waals surface area contributed by atoms with Crippen LogP contribution in [0.2, 0.25) is 0 Å². The zero-order valence-electron chi connectivity index (χ0n) is 29.7. The molecular weight excluding hydrogens is 664 g/mol. The third kappa shape index (κ3) is 9.68. The lowest BCUT2D eigenvalue weighted by Crippen LogP contribution is -2.52. The van der Waals surface area contributed by atoms with Crippen LogP contribution in [0.4, 0.5) is 0 Å². The molecule has 3 aromatic rings. The summed E-state index contributed by atoms with van der Waals surface area (Å²) < 4.78 is 1.52. The Hall–Kier alpha value is -5.86. The van der Waals surface area contributed by atoms with Crippen molar-refractivity contribution >= 4 is 23.6 Å². The molecule has 1 saturated heterocycles. The highest BCUT2D eigenvalue weighted by Crippen LogP contribution is 2.38. The first-order valence-electron chi connectivity index (χ1n) is 17.2. The Morgan fingerprint density at radius 2 is 1.60 bits per heavy atom. The van der Waals surface area contributed by atoms with Gasteiger partial charge in [-0.3, -0.25) is 23.7 Å². The highest BCUT2D eigenvalue weighted by atomic mass is 16.3. The Morgan fingerprint density at radius 3 is 2.21 bits per heavy atom. The van der Waals surface area contributed by atoms with Crippen LogP contribution in [0.25, 0.3) is 17.1 Å². The maximum atomic E-state index is 13.6. The first-order valence-corrected chi connectivity index (χ1v) is 17.2. The van der Waals surface area contributed by atoms with Crippen molar-refractivity contribution in [3.63, 3.8) is 0 Å². The number of phenols is 2. The van der Waals surface area contributed by atoms with Crippen molar-refractivity contribution in [1.82, 2.24) is 35.6 Å². The van der Waals surface area contributed by atoms with Gasteiger partial charge in [-0.05, 0) is 60.4 Å². The average Bonchev–Trinajstić information content (AvgIpc) is 3.55. The van der Waals surface area contributed by atoms with E-state index in [2.05, 4.69) is 38.0 Å². The van der Waals surface area contributed by atoms with Crippen LogP contribution in [0, 0.1) is 30.6 Å². The predicted octanol–water partition coefficient (Wildman–Crippen LogP) is 1.97. The monoisotopic (exact) mass is 710 g/mol. The molecular formula is C38H46N8O6. The molecule has 2 heterocycles. The first-order chi connectivity index (χ1) is 24.8. The fourth-order valence-corrected chi connectivity index (χ4v) is 6.04. The first kappa shape index (κ1) is 38.9. The van der Waals surface area contributed by atoms with Crippen LogP contribution in [-0.4, -0.2) is 91.8 Å². The van der Waals surface area contributed by atoms with Crippen molar-refractivity contribution in [3.05, 3.63) is 53.3 Å². The molecule has 4 rings (SSSR count). The number of phenolic OH excluding ortho intramolecular Hbond substituents is 2. The van der Waals surface area contributed by atoms with E-state index in [-0.39, 0.29) is 66.5 Å². The number of hydrogen-bond acceptors (Lipinski definition) is 9. The number of carbonyl (C=O) groups is 4. The minimum Gasteiger partial charge on any atom is -0.508 e. The molecule has 0 aliphatic carbocycles. The van der Waals surface area contributed by atoms with Gasteiger partial charge in [0.2, 0.25) is 23.5 Å². The van der Waals surface area contributed by atoms with E-state index in [9.17, 15) is 29.4 Å². The molecule has 1 fully saturated rings. The van der Waals surface area contributed by atoms with Gasteiger partial charge in [0, 0.05) is 57.7 Å². The number of carbonyl (C=O) groups excluding carboxylic acids is 4. The summed E-state index contributed by atoms with van der Waals surface area (Å²) in [7, 11) is 0. The summed E-state index contributed by atoms with van der Waals surface area (Å²) in [5.41, 5.74) is 8.23. The average molecular weight is 711 g/mol. The number of benzene rings is 2. The van der Waals surface area contributed by atoms with E-state index in [1.807, 2.05) is 43.0 Å². The van der Waals surface area contributed by atoms with Gasteiger partial charge in [-0.15, -0.1) is 34.9 Å². The number of nitrogens with zero attached hydrogens (tertiary/aromatic N) is 4. The standard InChI is InChI=1S/C38H46N8O6/c1-6-8-30(39)36(50)42-31(9-7-2)37(51)40-16-17-41-38(52)35-44-43-34(29-21-28(23(3)4)32(48)22-33(29)49)46(35)27-12-10-25(11-13-27)20-26-14-18-45(19-15-26)24(5)47/h1-2,10-13,21-23,26,30-31,48-49H,8-9,14-20,39H2,3-5H3,(H,40,51)(H,41,52)(H,42,50)/t30-,31-/m0/s1. The van der Waals surface area contributed by atoms with Gasteiger partial charge in [0.1, 0.15) is 17.5 Å². The summed E-state index contributed by atoms with van der Waals surface area (Å²) in [6.07, 6.45) is 13.2. The molecule has 0 saturated carbocycles. The number of nitrogens with one attached hydrogen (secondary N) is 3. The molecule has 0 unspecified atom stereocenters. The molecule has 2 atom stereocenters. The molecule has 2 aromatic carbocycles. The van der Waals surface area contributed by atoms with E-state index in [1.165, 1.54) is 10.6 Å². The number of aromatic nitrogens is 3. The third-order valence-electron chi connectivity index (χ3n) is 8.99. The van der Waals surface area contributed by atoms with Crippen molar-refractivity contribution in [2.24, 2.45) is 11.7 Å². The maximum absolute atomic E-state index is 13.6. The number of rotatable bonds is 14. The Bertz CT molecular complexity index is 1850. The highest BCUT2D eigenvalue weighted by Gasteiger charge is 2.26. The fraction of sp³-hybridized carbons (Fsp3) is 0.421. The topological polar surface area (TPSA) is 205 Å². The van der Waals surface area contributed by atoms with Crippen LogP contribution >= 0.6 is 0 Å². The number of aromatic hydroxyl groups is 2. The quantitative estimate of drug-likeness (QED) is 0.107. The molecule has 14 nitrogen and oxygen atoms in total. The SMILES string of the molecule is C#CC[C@H](NC(=O)[C@@H](N)CC#C)C(=O)NCCNC(=O)c1nnc(-c2cc(C(C)C)c(O)cc2O)n1-c1ccc(CC2CCN(C(C)=O)CC2)cc1. The highest BCUT2D eigenvalue weighted by molar-refractivity contribution is 5.93. The molecule has 7 N–H and O–H groups in total. The number of likely N-dealkylation sites (tertiary alicyclic amines) is 1. The summed E-state index contributed by atoms with van der Waals surface area (Å²) >= 11 is 0. The van der Waals surface area contributed by atoms with Crippen molar-refractivity contribution in [2.75, 3.05) is 26.2 Å². The molecule has 0 bridgehead atoms. The van der Waals surface area contributed by atoms with Gasteiger partial charge in [0.25, 0.3) is 5.91 Å². The largest absolute Gasteiger partial charge is 0.508 e. The van der Waals surface area contributed by atoms with E-state index in [4.69, 9.17) is 18.6 Å². The van der Waals surface area contributed by atoms with E-state index in [1.54, 1.807) is 13.0 Å². The maximum Gasteiger partial charge on any atom is 0.289 e. The lowest BCUT2D eigenvalue weighted by atomic mass is 9.90. The van der Waals surface area contributed by atoms with Crippen LogP contribution in [0.3, 0.4) is 0 Å². The summed E-state index contributed by atoms with van der Waals surface area (Å²) in [6, 6.07) is 8.45. The van der Waals surface area contributed by atoms with Crippen LogP contribution in [0.15, 0.2) is 36.4 Å². The molecule has 0 spiro atoms. The van der Waals surface area contributed by atoms with Gasteiger partial charge in [-0.1, -0.05) is 26.0 Å². The second-order valence-corrected chi connectivity index (χ2v) is 13.1. The van der Waals surface area contributed by atoms with Gasteiger partial charge in [-0.25, -0.2) is 0 Å². The summed E-state index contributed by atoms with van der Waals surface area (Å²) in [5, 5.41) is 37.7. The van der Waals surface area contributed by atoms with E-state index in [0.29, 0.717) is 17.2 Å². The molecule has 4 amide bonds. The fourth-order valence-electron chi connectivity index (χ4n) is 6.04. The number of amides is 4. The lowest BCUT2D eigenvalue weighted by molar-refractivity contribution is -0.130. The summed E-state index contributed by atoms with van der Waals surface area (Å²) in [5.74, 6) is 3.10. The molecule has 1 aliphatic rings. The normalized spacial score (nSPS) is 14.2. The van der Waals surface area contributed by atoms with Gasteiger partial charge < -0.3 is 36.8 Å². The van der Waals surface area contributed by atoms with Gasteiger partial charge in [-0.2, -0.15) is 0 Å². The van der Waals surface area contributed by atoms with Gasteiger partial charge >= 0.3 is 0 Å². The summed E-state index contributed by atoms with van der Waals surface area (Å²) in [4.78, 5) is 52.3. The van der Waals surface area contributed by atoms with Gasteiger partial charge in [0.05, 0.1) is 11.6 Å². The number of terminal acetylenes is 2. The van der Waals surface area contributed by atoms with Crippen LogP contribution < -0.4 is 21.7 Å². The zero-order valence-corrected chi connectivity index (χ0v) is 29.7. The molecule has 52 heavy (non-hydrogen) atoms. The van der Waals surface area contributed by atoms with Crippen molar-refractivity contribution in [3.8, 4) is 53.3 Å². The number of piperidine rings is 1. The predicted molar refractivity (Wildman–Crippen MR) is 195 cm³/mol. The number of nitrogens with two attached hydrogens (primary N) is 1. The van der Waals surface area contributed by atoms with E-state index in [0.717, 1.165) is 37.9 Å². The van der Waals surface area contributed by atoms with Gasteiger partial charge in [0.15, 0.2) is 5.82 Å². The molecule has 1 aromatic heterocycles. The molecule has 1 aliphatic heterocycles. The second kappa shape index (κ2) is 17.9. The smallest absolute Gasteiger partial charge is 0.289 e. The molecule has 0 radical (unpaired) electrons. The van der Waals surface area contributed by atoms with Crippen LogP contribution in [0.5, 0.6) is 11.5 Å². The lowest BCUT2D eigenvalue weighted by Gasteiger charge is -2.31. The Balaban J connectivity index is 1.53. The van der Waals surface area contributed by atoms with E-state index < -0.39 is 29.8 Å². The van der Waals surface area contributed by atoms with Crippen molar-refractivity contribution in [1.29, 1.82) is 0 Å². The summed E-state index contributed by atoms with van der Waals surface area (Å²) in [6.45, 7) is 6.86. The molecule has 274 valence electrons. The second-order valence-electron chi connectivity index (χ2n) is 13.1. The van der Waals surface area contributed by atoms with Crippen molar-refractivity contribution in [2.45, 2.75) is 70.9 Å². The Kier molecular flexibility index (Phi) is 13.4. The molecule has 14 heteroatoms. The van der Waals surface area contributed by atoms with Crippen LogP contribution in [0.1, 0.15) is 74.1 Å². The minimum atomic E-state index is -1.05. The Morgan fingerprint density at radius 1 is 0.942 bits per heavy atom. The number of hydrogen-bond donors (Lipinski definition) is 6. The van der Waals surface area contributed by atoms with E-state index >= 15 is 0 Å².